The van der Waals surface area contributed by atoms with E-state index in [2.05, 4.69) is 32.4 Å². The van der Waals surface area contributed by atoms with Crippen molar-refractivity contribution >= 4 is 11.6 Å². The minimum atomic E-state index is 0.547. The van der Waals surface area contributed by atoms with Crippen molar-refractivity contribution in [3.8, 4) is 0 Å². The number of hydrogen-bond acceptors (Lipinski definition) is 5. The quantitative estimate of drug-likeness (QED) is 0.862. The molecule has 0 aliphatic carbocycles. The zero-order valence-corrected chi connectivity index (χ0v) is 12.5. The summed E-state index contributed by atoms with van der Waals surface area (Å²) < 4.78 is 0. The second kappa shape index (κ2) is 5.95. The van der Waals surface area contributed by atoms with E-state index in [-0.39, 0.29) is 0 Å². The predicted octanol–water partition coefficient (Wildman–Crippen LogP) is 2.11. The lowest BCUT2D eigenvalue weighted by atomic mass is 9.84. The molecule has 5 nitrogen and oxygen atoms in total. The van der Waals surface area contributed by atoms with Crippen LogP contribution in [-0.2, 0) is 0 Å². The Kier molecular flexibility index (Phi) is 4.05. The molecular formula is C15H25N5. The Hall–Kier alpha value is -1.36. The van der Waals surface area contributed by atoms with Crippen molar-refractivity contribution in [2.75, 3.05) is 36.8 Å². The van der Waals surface area contributed by atoms with Gasteiger partial charge in [-0.05, 0) is 45.2 Å². The van der Waals surface area contributed by atoms with Gasteiger partial charge in [-0.15, -0.1) is 0 Å². The summed E-state index contributed by atoms with van der Waals surface area (Å²) in [5, 5.41) is 6.98. The average molecular weight is 275 g/mol. The van der Waals surface area contributed by atoms with Gasteiger partial charge in [-0.25, -0.2) is 9.97 Å². The normalized spacial score (nSPS) is 28.4. The maximum absolute atomic E-state index is 4.54. The zero-order valence-electron chi connectivity index (χ0n) is 12.5. The number of rotatable bonds is 5. The van der Waals surface area contributed by atoms with Crippen molar-refractivity contribution in [2.24, 2.45) is 5.92 Å². The van der Waals surface area contributed by atoms with E-state index in [0.29, 0.717) is 6.04 Å². The van der Waals surface area contributed by atoms with Crippen LogP contribution in [0.15, 0.2) is 6.07 Å². The summed E-state index contributed by atoms with van der Waals surface area (Å²) in [6.45, 7) is 8.78. The molecule has 3 saturated heterocycles. The van der Waals surface area contributed by atoms with E-state index in [1.54, 1.807) is 0 Å². The molecule has 3 aliphatic rings. The molecule has 5 heteroatoms. The lowest BCUT2D eigenvalue weighted by molar-refractivity contribution is 0.0974. The second-order valence-corrected chi connectivity index (χ2v) is 6.00. The Morgan fingerprint density at radius 1 is 1.25 bits per heavy atom. The number of anilines is 2. The van der Waals surface area contributed by atoms with E-state index in [9.17, 15) is 0 Å². The first-order chi connectivity index (χ1) is 9.74. The summed E-state index contributed by atoms with van der Waals surface area (Å²) in [4.78, 5) is 11.5. The van der Waals surface area contributed by atoms with Gasteiger partial charge >= 0.3 is 0 Å². The van der Waals surface area contributed by atoms with Gasteiger partial charge in [0.15, 0.2) is 0 Å². The van der Waals surface area contributed by atoms with Gasteiger partial charge in [-0.2, -0.15) is 0 Å². The molecule has 3 aliphatic heterocycles. The molecule has 0 aromatic carbocycles. The number of aromatic nitrogens is 2. The molecule has 2 N–H and O–H groups in total. The number of fused-ring (bicyclic) bond motifs is 3. The van der Waals surface area contributed by atoms with E-state index in [1.165, 1.54) is 25.9 Å². The van der Waals surface area contributed by atoms with Crippen molar-refractivity contribution in [1.29, 1.82) is 0 Å². The average Bonchev–Trinajstić information content (AvgIpc) is 2.46. The van der Waals surface area contributed by atoms with Crippen LogP contribution in [0.25, 0.3) is 0 Å². The Balaban J connectivity index is 1.68. The molecule has 1 aromatic heterocycles. The Labute approximate surface area is 121 Å². The first kappa shape index (κ1) is 13.6. The van der Waals surface area contributed by atoms with Crippen molar-refractivity contribution in [3.63, 3.8) is 0 Å². The first-order valence-corrected chi connectivity index (χ1v) is 7.83. The third kappa shape index (κ3) is 3.03. The van der Waals surface area contributed by atoms with Crippen LogP contribution in [0.5, 0.6) is 0 Å². The summed E-state index contributed by atoms with van der Waals surface area (Å²) in [6, 6.07) is 2.59. The van der Waals surface area contributed by atoms with E-state index in [1.807, 2.05) is 13.0 Å². The smallest absolute Gasteiger partial charge is 0.132 e. The fourth-order valence-corrected chi connectivity index (χ4v) is 3.30. The highest BCUT2D eigenvalue weighted by Gasteiger charge is 2.34. The molecule has 0 amide bonds. The molecule has 1 atom stereocenters. The summed E-state index contributed by atoms with van der Waals surface area (Å²) in [6.07, 6.45) is 3.75. The van der Waals surface area contributed by atoms with Crippen LogP contribution >= 0.6 is 0 Å². The van der Waals surface area contributed by atoms with Crippen molar-refractivity contribution in [1.82, 2.24) is 14.9 Å². The van der Waals surface area contributed by atoms with E-state index >= 15 is 0 Å². The fourth-order valence-electron chi connectivity index (χ4n) is 3.30. The molecule has 0 saturated carbocycles. The van der Waals surface area contributed by atoms with Gasteiger partial charge in [0.25, 0.3) is 0 Å². The highest BCUT2D eigenvalue weighted by Crippen LogP contribution is 2.29. The van der Waals surface area contributed by atoms with Gasteiger partial charge in [-0.1, -0.05) is 6.92 Å². The summed E-state index contributed by atoms with van der Waals surface area (Å²) >= 11 is 0. The molecule has 0 radical (unpaired) electrons. The molecule has 1 unspecified atom stereocenters. The van der Waals surface area contributed by atoms with E-state index < -0.39 is 0 Å². The molecule has 0 spiro atoms. The van der Waals surface area contributed by atoms with Crippen LogP contribution < -0.4 is 10.6 Å². The van der Waals surface area contributed by atoms with Crippen LogP contribution in [0.3, 0.4) is 0 Å². The minimum Gasteiger partial charge on any atom is -0.370 e. The van der Waals surface area contributed by atoms with Gasteiger partial charge in [0, 0.05) is 25.2 Å². The number of aryl methyl sites for hydroxylation is 1. The fraction of sp³-hybridized carbons (Fsp3) is 0.733. The molecule has 1 aromatic rings. The highest BCUT2D eigenvalue weighted by atomic mass is 15.2. The Morgan fingerprint density at radius 2 is 2.00 bits per heavy atom. The number of nitrogens with one attached hydrogen (secondary N) is 2. The van der Waals surface area contributed by atoms with E-state index in [0.717, 1.165) is 42.9 Å². The van der Waals surface area contributed by atoms with Gasteiger partial charge < -0.3 is 15.5 Å². The van der Waals surface area contributed by atoms with Gasteiger partial charge in [0.05, 0.1) is 0 Å². The maximum Gasteiger partial charge on any atom is 0.132 e. The monoisotopic (exact) mass is 275 g/mol. The molecule has 4 rings (SSSR count). The van der Waals surface area contributed by atoms with Crippen LogP contribution in [0, 0.1) is 12.8 Å². The first-order valence-electron chi connectivity index (χ1n) is 7.83. The maximum atomic E-state index is 4.54. The topological polar surface area (TPSA) is 53.1 Å². The third-order valence-corrected chi connectivity index (χ3v) is 4.38. The van der Waals surface area contributed by atoms with Gasteiger partial charge in [-0.3, -0.25) is 0 Å². The van der Waals surface area contributed by atoms with Gasteiger partial charge in [0.1, 0.15) is 17.5 Å². The summed E-state index contributed by atoms with van der Waals surface area (Å²) in [5.74, 6) is 3.54. The molecule has 3 fully saturated rings. The summed E-state index contributed by atoms with van der Waals surface area (Å²) in [7, 11) is 0. The van der Waals surface area contributed by atoms with Crippen molar-refractivity contribution < 1.29 is 0 Å². The molecule has 20 heavy (non-hydrogen) atoms. The van der Waals surface area contributed by atoms with Crippen molar-refractivity contribution in [3.05, 3.63) is 11.9 Å². The lowest BCUT2D eigenvalue weighted by Crippen LogP contribution is -2.53. The third-order valence-electron chi connectivity index (χ3n) is 4.38. The van der Waals surface area contributed by atoms with Crippen LogP contribution in [0.1, 0.15) is 32.0 Å². The van der Waals surface area contributed by atoms with Crippen LogP contribution in [0.2, 0.25) is 0 Å². The number of piperidine rings is 3. The largest absolute Gasteiger partial charge is 0.370 e. The second-order valence-electron chi connectivity index (χ2n) is 6.00. The lowest BCUT2D eigenvalue weighted by Gasteiger charge is -2.45. The molecular weight excluding hydrogens is 250 g/mol. The van der Waals surface area contributed by atoms with Gasteiger partial charge in [0.2, 0.25) is 0 Å². The predicted molar refractivity (Wildman–Crippen MR) is 82.1 cm³/mol. The SMILES string of the molecule is CCCNc1cc(NC2CN3CCC2CC3)nc(C)n1. The van der Waals surface area contributed by atoms with Crippen LogP contribution in [0.4, 0.5) is 11.6 Å². The molecule has 2 bridgehead atoms. The van der Waals surface area contributed by atoms with E-state index in [4.69, 9.17) is 0 Å². The molecule has 4 heterocycles. The number of nitrogens with zero attached hydrogens (tertiary/aromatic N) is 3. The highest BCUT2D eigenvalue weighted by molar-refractivity contribution is 5.48. The Bertz CT molecular complexity index is 454. The van der Waals surface area contributed by atoms with Crippen LogP contribution in [-0.4, -0.2) is 47.1 Å². The number of hydrogen-bond donors (Lipinski definition) is 2. The standard InChI is InChI=1S/C15H25N5/c1-3-6-16-14-9-15(18-11(2)17-14)19-13-10-20-7-4-12(13)5-8-20/h9,12-13H,3-8,10H2,1-2H3,(H2,16,17,18,19). The zero-order chi connectivity index (χ0) is 13.9. The molecule has 110 valence electrons. The van der Waals surface area contributed by atoms with Crippen molar-refractivity contribution in [2.45, 2.75) is 39.2 Å². The summed E-state index contributed by atoms with van der Waals surface area (Å²) in [5.41, 5.74) is 0. The minimum absolute atomic E-state index is 0.547. The Morgan fingerprint density at radius 3 is 2.65 bits per heavy atom.